The first-order valence-corrected chi connectivity index (χ1v) is 8.32. The monoisotopic (exact) mass is 355 g/mol. The van der Waals surface area contributed by atoms with Crippen LogP contribution in [-0.2, 0) is 16.0 Å². The van der Waals surface area contributed by atoms with Crippen LogP contribution in [0.5, 0.6) is 0 Å². The molecule has 0 radical (unpaired) electrons. The lowest BCUT2D eigenvalue weighted by Gasteiger charge is -2.26. The third kappa shape index (κ3) is 4.12. The Morgan fingerprint density at radius 2 is 1.96 bits per heavy atom. The van der Waals surface area contributed by atoms with Crippen LogP contribution in [-0.4, -0.2) is 55.1 Å². The number of fused-ring (bicyclic) bond motifs is 1. The highest BCUT2D eigenvalue weighted by molar-refractivity contribution is 5.97. The number of carbonyl (C=O) groups excluding carboxylic acids is 2. The van der Waals surface area contributed by atoms with Gasteiger partial charge in [-0.05, 0) is 37.4 Å². The molecule has 2 aliphatic heterocycles. The molecule has 1 N–H and O–H groups in total. The zero-order valence-corrected chi connectivity index (χ0v) is 13.7. The van der Waals surface area contributed by atoms with E-state index in [1.807, 2.05) is 29.6 Å². The highest BCUT2D eigenvalue weighted by Crippen LogP contribution is 2.28. The normalized spacial score (nSPS) is 20.6. The summed E-state index contributed by atoms with van der Waals surface area (Å²) in [5, 5.41) is 1.92. The Bertz CT molecular complexity index is 663. The van der Waals surface area contributed by atoms with E-state index in [4.69, 9.17) is 0 Å². The van der Waals surface area contributed by atoms with Gasteiger partial charge in [-0.3, -0.25) is 14.5 Å². The first kappa shape index (κ1) is 17.7. The highest BCUT2D eigenvalue weighted by Gasteiger charge is 2.36. The molecule has 2 aliphatic rings. The second-order valence-corrected chi connectivity index (χ2v) is 6.39. The maximum absolute atomic E-state index is 12.6. The van der Waals surface area contributed by atoms with Gasteiger partial charge in [-0.25, -0.2) is 0 Å². The predicted octanol–water partition coefficient (Wildman–Crippen LogP) is 1.72. The molecule has 0 spiro atoms. The molecule has 25 heavy (non-hydrogen) atoms. The van der Waals surface area contributed by atoms with E-state index in [1.165, 1.54) is 0 Å². The Morgan fingerprint density at radius 3 is 2.72 bits per heavy atom. The molecule has 0 saturated carbocycles. The number of nitrogens with zero attached hydrogens (tertiary/aromatic N) is 2. The van der Waals surface area contributed by atoms with Crippen LogP contribution in [0.15, 0.2) is 24.3 Å². The SMILES string of the molecule is O=C(NCC(F)(F)F)C1CCCN1CC(=O)N1CCc2ccccc21. The van der Waals surface area contributed by atoms with Crippen LogP contribution in [0, 0.1) is 0 Å². The summed E-state index contributed by atoms with van der Waals surface area (Å²) < 4.78 is 36.8. The molecule has 2 amide bonds. The molecule has 2 heterocycles. The van der Waals surface area contributed by atoms with Crippen molar-refractivity contribution >= 4 is 17.5 Å². The van der Waals surface area contributed by atoms with Crippen LogP contribution in [0.25, 0.3) is 0 Å². The van der Waals surface area contributed by atoms with E-state index in [1.54, 1.807) is 9.80 Å². The number of halogens is 3. The van der Waals surface area contributed by atoms with Crippen molar-refractivity contribution in [3.05, 3.63) is 29.8 Å². The van der Waals surface area contributed by atoms with Crippen LogP contribution in [0.1, 0.15) is 18.4 Å². The quantitative estimate of drug-likeness (QED) is 0.895. The van der Waals surface area contributed by atoms with Crippen LogP contribution in [0.2, 0.25) is 0 Å². The molecule has 0 aromatic heterocycles. The predicted molar refractivity (Wildman–Crippen MR) is 86.2 cm³/mol. The van der Waals surface area contributed by atoms with Crippen molar-refractivity contribution in [3.8, 4) is 0 Å². The smallest absolute Gasteiger partial charge is 0.346 e. The van der Waals surface area contributed by atoms with Gasteiger partial charge in [0.1, 0.15) is 6.54 Å². The molecule has 1 saturated heterocycles. The molecule has 1 fully saturated rings. The number of rotatable bonds is 4. The van der Waals surface area contributed by atoms with Crippen molar-refractivity contribution < 1.29 is 22.8 Å². The minimum absolute atomic E-state index is 0.0401. The molecule has 3 rings (SSSR count). The number of para-hydroxylation sites is 1. The van der Waals surface area contributed by atoms with Gasteiger partial charge in [0.2, 0.25) is 11.8 Å². The van der Waals surface area contributed by atoms with E-state index in [0.29, 0.717) is 25.9 Å². The van der Waals surface area contributed by atoms with Crippen molar-refractivity contribution in [2.75, 3.05) is 31.1 Å². The molecule has 0 aliphatic carbocycles. The summed E-state index contributed by atoms with van der Waals surface area (Å²) >= 11 is 0. The molecule has 1 aromatic carbocycles. The minimum atomic E-state index is -4.44. The van der Waals surface area contributed by atoms with Gasteiger partial charge in [-0.1, -0.05) is 18.2 Å². The van der Waals surface area contributed by atoms with Gasteiger partial charge in [0.05, 0.1) is 12.6 Å². The third-order valence-electron chi connectivity index (χ3n) is 4.66. The zero-order valence-electron chi connectivity index (χ0n) is 13.7. The van der Waals surface area contributed by atoms with Gasteiger partial charge in [0.15, 0.2) is 0 Å². The van der Waals surface area contributed by atoms with Gasteiger partial charge >= 0.3 is 6.18 Å². The summed E-state index contributed by atoms with van der Waals surface area (Å²) in [5.74, 6) is -0.787. The van der Waals surface area contributed by atoms with Gasteiger partial charge in [-0.2, -0.15) is 13.2 Å². The summed E-state index contributed by atoms with van der Waals surface area (Å²) in [7, 11) is 0. The summed E-state index contributed by atoms with van der Waals surface area (Å²) in [6.45, 7) is -0.176. The van der Waals surface area contributed by atoms with Crippen molar-refractivity contribution in [2.45, 2.75) is 31.5 Å². The Labute approximate surface area is 143 Å². The Hall–Kier alpha value is -2.09. The second kappa shape index (κ2) is 7.03. The fraction of sp³-hybridized carbons (Fsp3) is 0.529. The molecule has 1 atom stereocenters. The highest BCUT2D eigenvalue weighted by atomic mass is 19.4. The minimum Gasteiger partial charge on any atom is -0.346 e. The molecule has 136 valence electrons. The van der Waals surface area contributed by atoms with E-state index in [0.717, 1.165) is 17.7 Å². The number of hydrogen-bond donors (Lipinski definition) is 1. The number of benzene rings is 1. The van der Waals surface area contributed by atoms with E-state index in [-0.39, 0.29) is 12.5 Å². The van der Waals surface area contributed by atoms with Crippen LogP contribution in [0.4, 0.5) is 18.9 Å². The number of anilines is 1. The fourth-order valence-corrected chi connectivity index (χ4v) is 3.47. The average molecular weight is 355 g/mol. The molecule has 0 bridgehead atoms. The number of amides is 2. The van der Waals surface area contributed by atoms with Gasteiger partial charge in [0.25, 0.3) is 0 Å². The molecule has 5 nitrogen and oxygen atoms in total. The molecule has 1 aromatic rings. The Balaban J connectivity index is 1.60. The summed E-state index contributed by atoms with van der Waals surface area (Å²) in [6, 6.07) is 6.98. The lowest BCUT2D eigenvalue weighted by molar-refractivity contribution is -0.141. The van der Waals surface area contributed by atoms with Gasteiger partial charge in [0, 0.05) is 12.2 Å². The van der Waals surface area contributed by atoms with Crippen molar-refractivity contribution in [1.82, 2.24) is 10.2 Å². The maximum atomic E-state index is 12.6. The number of likely N-dealkylation sites (tertiary alicyclic amines) is 1. The van der Waals surface area contributed by atoms with Crippen molar-refractivity contribution in [1.29, 1.82) is 0 Å². The zero-order chi connectivity index (χ0) is 18.0. The standard InChI is InChI=1S/C17H20F3N3O2/c18-17(19,20)11-21-16(25)14-6-3-8-22(14)10-15(24)23-9-7-12-4-1-2-5-13(12)23/h1-2,4-5,14H,3,6-11H2,(H,21,25). The van der Waals surface area contributed by atoms with E-state index in [9.17, 15) is 22.8 Å². The summed E-state index contributed by atoms with van der Waals surface area (Å²) in [5.41, 5.74) is 1.99. The molecule has 1 unspecified atom stereocenters. The lowest BCUT2D eigenvalue weighted by atomic mass is 10.2. The number of hydrogen-bond acceptors (Lipinski definition) is 3. The van der Waals surface area contributed by atoms with E-state index < -0.39 is 24.7 Å². The second-order valence-electron chi connectivity index (χ2n) is 6.39. The number of alkyl halides is 3. The first-order chi connectivity index (χ1) is 11.8. The third-order valence-corrected chi connectivity index (χ3v) is 4.66. The topological polar surface area (TPSA) is 52.7 Å². The van der Waals surface area contributed by atoms with Crippen molar-refractivity contribution in [2.24, 2.45) is 0 Å². The van der Waals surface area contributed by atoms with E-state index >= 15 is 0 Å². The maximum Gasteiger partial charge on any atom is 0.405 e. The number of nitrogens with one attached hydrogen (secondary N) is 1. The first-order valence-electron chi connectivity index (χ1n) is 8.32. The lowest BCUT2D eigenvalue weighted by Crippen LogP contribution is -2.49. The fourth-order valence-electron chi connectivity index (χ4n) is 3.47. The summed E-state index contributed by atoms with van der Waals surface area (Å²) in [4.78, 5) is 28.0. The van der Waals surface area contributed by atoms with Crippen LogP contribution >= 0.6 is 0 Å². The molecular formula is C17H20F3N3O2. The van der Waals surface area contributed by atoms with E-state index in [2.05, 4.69) is 0 Å². The average Bonchev–Trinajstić information content (AvgIpc) is 3.18. The number of carbonyl (C=O) groups is 2. The Kier molecular flexibility index (Phi) is 4.99. The summed E-state index contributed by atoms with van der Waals surface area (Å²) in [6.07, 6.45) is -2.49. The van der Waals surface area contributed by atoms with Crippen molar-refractivity contribution in [3.63, 3.8) is 0 Å². The Morgan fingerprint density at radius 1 is 1.20 bits per heavy atom. The molecular weight excluding hydrogens is 335 g/mol. The van der Waals surface area contributed by atoms with Gasteiger partial charge in [-0.15, -0.1) is 0 Å². The van der Waals surface area contributed by atoms with Crippen LogP contribution < -0.4 is 10.2 Å². The van der Waals surface area contributed by atoms with Crippen LogP contribution in [0.3, 0.4) is 0 Å². The van der Waals surface area contributed by atoms with Gasteiger partial charge < -0.3 is 10.2 Å². The largest absolute Gasteiger partial charge is 0.405 e. The molecule has 8 heteroatoms.